The van der Waals surface area contributed by atoms with Crippen LogP contribution in [-0.2, 0) is 30.2 Å². The monoisotopic (exact) mass is 754 g/mol. The molecule has 0 bridgehead atoms. The van der Waals surface area contributed by atoms with E-state index in [0.29, 0.717) is 38.4 Å². The molecule has 4 aromatic heterocycles. The number of hydrogen-bond donors (Lipinski definition) is 1. The van der Waals surface area contributed by atoms with Crippen molar-refractivity contribution in [1.82, 2.24) is 29.5 Å². The Morgan fingerprint density at radius 2 is 1.18 bits per heavy atom. The van der Waals surface area contributed by atoms with Crippen LogP contribution in [0.25, 0.3) is 21.8 Å². The number of carboxylic acids is 1. The van der Waals surface area contributed by atoms with Gasteiger partial charge in [-0.3, -0.25) is 19.3 Å². The number of esters is 1. The van der Waals surface area contributed by atoms with Gasteiger partial charge in [-0.05, 0) is 54.4 Å². The molecule has 0 aliphatic heterocycles. The van der Waals surface area contributed by atoms with E-state index in [2.05, 4.69) is 24.9 Å². The molecular formula is C33H26Cl2F6N6O4. The lowest BCUT2D eigenvalue weighted by Gasteiger charge is -2.05. The third-order valence-corrected chi connectivity index (χ3v) is 7.33. The molecule has 6 rings (SSSR count). The molecule has 51 heavy (non-hydrogen) atoms. The van der Waals surface area contributed by atoms with E-state index in [1.165, 1.54) is 19.3 Å². The summed E-state index contributed by atoms with van der Waals surface area (Å²) < 4.78 is 84.8. The maximum atomic E-state index is 13.2. The van der Waals surface area contributed by atoms with E-state index < -0.39 is 46.8 Å². The van der Waals surface area contributed by atoms with Gasteiger partial charge in [0.25, 0.3) is 0 Å². The highest BCUT2D eigenvalue weighted by Crippen LogP contribution is 2.33. The predicted molar refractivity (Wildman–Crippen MR) is 176 cm³/mol. The maximum Gasteiger partial charge on any atom is 0.420 e. The van der Waals surface area contributed by atoms with Gasteiger partial charge in [0.05, 0.1) is 40.8 Å². The van der Waals surface area contributed by atoms with E-state index in [9.17, 15) is 35.9 Å². The van der Waals surface area contributed by atoms with Gasteiger partial charge >= 0.3 is 24.3 Å². The highest BCUT2D eigenvalue weighted by atomic mass is 35.5. The van der Waals surface area contributed by atoms with Crippen LogP contribution in [0.15, 0.2) is 73.3 Å². The Bertz CT molecular complexity index is 2220. The molecule has 4 heterocycles. The van der Waals surface area contributed by atoms with Gasteiger partial charge in [0.2, 0.25) is 0 Å². The molecule has 2 aromatic carbocycles. The number of alkyl halides is 6. The molecule has 0 spiro atoms. The standard InChI is InChI=1S/C17H13ClF3N3O2.C15H9ClF3N3O2.CH4/c1-2-26-16(25)15-13(17(19,20)21)9-24(23-15)8-10-3-4-14-11(5-10)6-12(18)7-22-14;16-10-4-9-3-8(1-2-12(9)20-5-10)6-22-7-11(15(17,18)19)13(21-22)14(23)24;/h3-7,9H,2,8H2,1H3;1-5,7H,6H2,(H,23,24);1H4. The minimum absolute atomic E-state index is 0. The van der Waals surface area contributed by atoms with Crippen LogP contribution in [0.5, 0.6) is 0 Å². The lowest BCUT2D eigenvalue weighted by molar-refractivity contribution is -0.138. The third-order valence-electron chi connectivity index (χ3n) is 6.92. The zero-order valence-electron chi connectivity index (χ0n) is 25.4. The number of carbonyl (C=O) groups is 2. The normalized spacial score (nSPS) is 11.5. The number of halogens is 8. The molecule has 0 unspecified atom stereocenters. The molecule has 0 saturated carbocycles. The zero-order valence-corrected chi connectivity index (χ0v) is 26.9. The Labute approximate surface area is 295 Å². The molecule has 0 aliphatic rings. The molecule has 0 saturated heterocycles. The number of rotatable bonds is 7. The van der Waals surface area contributed by atoms with Crippen molar-refractivity contribution in [2.45, 2.75) is 39.8 Å². The van der Waals surface area contributed by atoms with Crippen LogP contribution in [0.4, 0.5) is 26.3 Å². The van der Waals surface area contributed by atoms with Gasteiger partial charge in [-0.15, -0.1) is 0 Å². The summed E-state index contributed by atoms with van der Waals surface area (Å²) in [6.07, 6.45) is -5.01. The summed E-state index contributed by atoms with van der Waals surface area (Å²) in [7, 11) is 0. The molecular weight excluding hydrogens is 729 g/mol. The van der Waals surface area contributed by atoms with Gasteiger partial charge in [-0.1, -0.05) is 42.8 Å². The smallest absolute Gasteiger partial charge is 0.420 e. The Morgan fingerprint density at radius 1 is 0.745 bits per heavy atom. The second kappa shape index (κ2) is 15.3. The summed E-state index contributed by atoms with van der Waals surface area (Å²) in [5, 5.41) is 18.5. The Kier molecular flexibility index (Phi) is 11.6. The number of benzene rings is 2. The largest absolute Gasteiger partial charge is 0.476 e. The van der Waals surface area contributed by atoms with Crippen molar-refractivity contribution in [3.63, 3.8) is 0 Å². The molecule has 0 radical (unpaired) electrons. The molecule has 268 valence electrons. The molecule has 6 aromatic rings. The quantitative estimate of drug-likeness (QED) is 0.127. The van der Waals surface area contributed by atoms with Gasteiger partial charge in [-0.2, -0.15) is 36.5 Å². The van der Waals surface area contributed by atoms with Gasteiger partial charge in [0.15, 0.2) is 11.4 Å². The summed E-state index contributed by atoms with van der Waals surface area (Å²) in [5.41, 5.74) is -1.44. The third kappa shape index (κ3) is 9.32. The number of aromatic carboxylic acids is 1. The number of carboxylic acid groups (broad SMARTS) is 1. The second-order valence-corrected chi connectivity index (χ2v) is 11.4. The lowest BCUT2D eigenvalue weighted by Crippen LogP contribution is -2.14. The minimum atomic E-state index is -4.78. The summed E-state index contributed by atoms with van der Waals surface area (Å²) in [5.74, 6) is -2.83. The fourth-order valence-electron chi connectivity index (χ4n) is 4.81. The van der Waals surface area contributed by atoms with Crippen LogP contribution < -0.4 is 0 Å². The number of nitrogens with zero attached hydrogens (tertiary/aromatic N) is 6. The highest BCUT2D eigenvalue weighted by molar-refractivity contribution is 6.31. The van der Waals surface area contributed by atoms with Gasteiger partial charge < -0.3 is 9.84 Å². The first-order chi connectivity index (χ1) is 23.5. The van der Waals surface area contributed by atoms with Crippen molar-refractivity contribution in [2.75, 3.05) is 6.61 Å². The molecule has 1 N–H and O–H groups in total. The topological polar surface area (TPSA) is 125 Å². The zero-order chi connectivity index (χ0) is 36.4. The number of ether oxygens (including phenoxy) is 1. The van der Waals surface area contributed by atoms with Crippen molar-refractivity contribution in [1.29, 1.82) is 0 Å². The Hall–Kier alpha value is -5.22. The Morgan fingerprint density at radius 3 is 1.57 bits per heavy atom. The molecule has 0 fully saturated rings. The van der Waals surface area contributed by atoms with E-state index in [0.717, 1.165) is 26.3 Å². The number of pyridine rings is 2. The number of aromatic nitrogens is 6. The van der Waals surface area contributed by atoms with Gasteiger partial charge in [0.1, 0.15) is 11.1 Å². The van der Waals surface area contributed by atoms with E-state index in [1.807, 2.05) is 0 Å². The van der Waals surface area contributed by atoms with Crippen LogP contribution in [0.1, 0.15) is 57.6 Å². The van der Waals surface area contributed by atoms with Crippen LogP contribution in [0, 0.1) is 0 Å². The van der Waals surface area contributed by atoms with E-state index >= 15 is 0 Å². The molecule has 0 amide bonds. The Balaban J connectivity index is 0.000000225. The van der Waals surface area contributed by atoms with Crippen molar-refractivity contribution in [3.05, 3.63) is 117 Å². The van der Waals surface area contributed by atoms with Crippen molar-refractivity contribution >= 4 is 56.9 Å². The maximum absolute atomic E-state index is 13.2. The first kappa shape index (κ1) is 38.6. The average Bonchev–Trinajstić information content (AvgIpc) is 3.67. The molecule has 0 atom stereocenters. The van der Waals surface area contributed by atoms with E-state index in [1.54, 1.807) is 48.5 Å². The van der Waals surface area contributed by atoms with Crippen LogP contribution >= 0.6 is 23.2 Å². The SMILES string of the molecule is C.CCOC(=O)c1nn(Cc2ccc3ncc(Cl)cc3c2)cc1C(F)(F)F.O=C(O)c1nn(Cc2ccc3ncc(Cl)cc3c2)cc1C(F)(F)F. The number of hydrogen-bond acceptors (Lipinski definition) is 7. The molecule has 18 heteroatoms. The molecule has 10 nitrogen and oxygen atoms in total. The van der Waals surface area contributed by atoms with Crippen LogP contribution in [0.3, 0.4) is 0 Å². The predicted octanol–water partition coefficient (Wildman–Crippen LogP) is 8.81. The fourth-order valence-corrected chi connectivity index (χ4v) is 5.14. The van der Waals surface area contributed by atoms with Crippen LogP contribution in [0.2, 0.25) is 10.0 Å². The van der Waals surface area contributed by atoms with Crippen molar-refractivity contribution in [2.24, 2.45) is 0 Å². The average molecular weight is 756 g/mol. The van der Waals surface area contributed by atoms with Gasteiger partial charge in [-0.25, -0.2) is 9.59 Å². The first-order valence-electron chi connectivity index (χ1n) is 14.3. The lowest BCUT2D eigenvalue weighted by atomic mass is 10.1. The highest BCUT2D eigenvalue weighted by Gasteiger charge is 2.39. The minimum Gasteiger partial charge on any atom is -0.476 e. The first-order valence-corrected chi connectivity index (χ1v) is 15.1. The fraction of sp³-hybridized carbons (Fsp3) is 0.212. The van der Waals surface area contributed by atoms with Crippen molar-refractivity contribution in [3.8, 4) is 0 Å². The number of fused-ring (bicyclic) bond motifs is 2. The summed E-state index contributed by atoms with van der Waals surface area (Å²) in [4.78, 5) is 31.0. The van der Waals surface area contributed by atoms with Crippen LogP contribution in [-0.4, -0.2) is 53.2 Å². The molecule has 0 aliphatic carbocycles. The summed E-state index contributed by atoms with van der Waals surface area (Å²) in [6, 6.07) is 13.7. The summed E-state index contributed by atoms with van der Waals surface area (Å²) in [6.45, 7) is 1.50. The number of carbonyl (C=O) groups excluding carboxylic acids is 1. The van der Waals surface area contributed by atoms with Gasteiger partial charge in [0, 0.05) is 35.6 Å². The second-order valence-electron chi connectivity index (χ2n) is 10.6. The van der Waals surface area contributed by atoms with Crippen molar-refractivity contribution < 1.29 is 45.8 Å². The van der Waals surface area contributed by atoms with E-state index in [4.69, 9.17) is 28.3 Å². The van der Waals surface area contributed by atoms with E-state index in [-0.39, 0.29) is 27.1 Å². The summed E-state index contributed by atoms with van der Waals surface area (Å²) >= 11 is 11.8.